The van der Waals surface area contributed by atoms with E-state index in [4.69, 9.17) is 0 Å². The molecule has 1 aromatic carbocycles. The van der Waals surface area contributed by atoms with E-state index >= 15 is 0 Å². The van der Waals surface area contributed by atoms with E-state index in [0.29, 0.717) is 11.1 Å². The molecule has 3 heterocycles. The Morgan fingerprint density at radius 2 is 1.91 bits per heavy atom. The zero-order chi connectivity index (χ0) is 23.8. The first kappa shape index (κ1) is 22.7. The standard InChI is InChI=1S/C21H17FN4O5S2/c1-33(30,31)20-24-17(15-4-2-3-10-25(15)20)18(27)23-9-11-26-19(28)16(32-21(26)29)12-13-5-7-14(22)8-6-13/h2-8,10,12H,9,11H2,1H3,(H,23,27)/b16-12+. The van der Waals surface area contributed by atoms with Crippen molar-refractivity contribution in [3.63, 3.8) is 0 Å². The maximum atomic E-state index is 13.0. The van der Waals surface area contributed by atoms with Gasteiger partial charge in [0.2, 0.25) is 15.0 Å². The molecule has 1 fully saturated rings. The number of benzene rings is 1. The van der Waals surface area contributed by atoms with Crippen LogP contribution in [0.2, 0.25) is 0 Å². The van der Waals surface area contributed by atoms with Crippen molar-refractivity contribution in [2.24, 2.45) is 0 Å². The fourth-order valence-corrected chi connectivity index (χ4v) is 4.85. The molecule has 3 amide bonds. The van der Waals surface area contributed by atoms with Gasteiger partial charge >= 0.3 is 0 Å². The van der Waals surface area contributed by atoms with Gasteiger partial charge in [-0.2, -0.15) is 0 Å². The molecule has 9 nitrogen and oxygen atoms in total. The third-order valence-electron chi connectivity index (χ3n) is 4.73. The van der Waals surface area contributed by atoms with Gasteiger partial charge in [0.15, 0.2) is 5.69 Å². The number of carbonyl (C=O) groups excluding carboxylic acids is 3. The van der Waals surface area contributed by atoms with Crippen molar-refractivity contribution in [1.29, 1.82) is 0 Å². The summed E-state index contributed by atoms with van der Waals surface area (Å²) < 4.78 is 38.4. The zero-order valence-corrected chi connectivity index (χ0v) is 18.8. The number of imidazole rings is 1. The fourth-order valence-electron chi connectivity index (χ4n) is 3.21. The highest BCUT2D eigenvalue weighted by molar-refractivity contribution is 8.18. The number of imide groups is 1. The highest BCUT2D eigenvalue weighted by Gasteiger charge is 2.34. The molecule has 4 rings (SSSR count). The lowest BCUT2D eigenvalue weighted by molar-refractivity contribution is -0.122. The average Bonchev–Trinajstić information content (AvgIpc) is 3.28. The lowest BCUT2D eigenvalue weighted by Gasteiger charge is -2.12. The van der Waals surface area contributed by atoms with Gasteiger partial charge in [0.05, 0.1) is 10.4 Å². The molecule has 0 spiro atoms. The van der Waals surface area contributed by atoms with Crippen LogP contribution in [-0.4, -0.2) is 59.1 Å². The number of nitrogens with zero attached hydrogens (tertiary/aromatic N) is 3. The number of pyridine rings is 1. The Bertz CT molecular complexity index is 1410. The second-order valence-corrected chi connectivity index (χ2v) is 10.0. The fraction of sp³-hybridized carbons (Fsp3) is 0.143. The maximum Gasteiger partial charge on any atom is 0.293 e. The van der Waals surface area contributed by atoms with Crippen molar-refractivity contribution >= 4 is 50.2 Å². The van der Waals surface area contributed by atoms with Gasteiger partial charge in [-0.25, -0.2) is 17.8 Å². The molecule has 0 atom stereocenters. The molecule has 0 bridgehead atoms. The summed E-state index contributed by atoms with van der Waals surface area (Å²) in [5.41, 5.74) is 0.800. The van der Waals surface area contributed by atoms with E-state index in [2.05, 4.69) is 10.3 Å². The molecule has 0 saturated carbocycles. The smallest absolute Gasteiger partial charge is 0.293 e. The molecule has 1 saturated heterocycles. The second-order valence-electron chi connectivity index (χ2n) is 7.11. The van der Waals surface area contributed by atoms with Gasteiger partial charge in [-0.15, -0.1) is 0 Å². The lowest BCUT2D eigenvalue weighted by atomic mass is 10.2. The minimum absolute atomic E-state index is 0.0548. The minimum Gasteiger partial charge on any atom is -0.349 e. The van der Waals surface area contributed by atoms with E-state index in [1.165, 1.54) is 40.9 Å². The van der Waals surface area contributed by atoms with Crippen LogP contribution in [-0.2, 0) is 14.6 Å². The van der Waals surface area contributed by atoms with Crippen LogP contribution >= 0.6 is 11.8 Å². The van der Waals surface area contributed by atoms with Gasteiger partial charge in [-0.05, 0) is 47.7 Å². The number of aromatic nitrogens is 2. The Morgan fingerprint density at radius 3 is 2.61 bits per heavy atom. The number of hydrogen-bond donors (Lipinski definition) is 1. The van der Waals surface area contributed by atoms with Crippen molar-refractivity contribution in [1.82, 2.24) is 19.6 Å². The molecule has 2 aromatic heterocycles. The van der Waals surface area contributed by atoms with E-state index in [0.717, 1.165) is 22.9 Å². The molecular formula is C21H17FN4O5S2. The van der Waals surface area contributed by atoms with E-state index < -0.39 is 32.7 Å². The predicted octanol–water partition coefficient (Wildman–Crippen LogP) is 2.34. The Labute approximate surface area is 192 Å². The Morgan fingerprint density at radius 1 is 1.18 bits per heavy atom. The zero-order valence-electron chi connectivity index (χ0n) is 17.2. The van der Waals surface area contributed by atoms with Crippen LogP contribution in [0.1, 0.15) is 16.1 Å². The lowest BCUT2D eigenvalue weighted by Crippen LogP contribution is -2.37. The molecule has 3 aromatic rings. The topological polar surface area (TPSA) is 118 Å². The number of rotatable bonds is 6. The SMILES string of the molecule is CS(=O)(=O)c1nc(C(=O)NCCN2C(=O)S/C(=C/c3ccc(F)cc3)C2=O)c2ccccn12. The van der Waals surface area contributed by atoms with Crippen LogP contribution in [0.25, 0.3) is 11.6 Å². The second kappa shape index (κ2) is 8.79. The van der Waals surface area contributed by atoms with Gasteiger partial charge < -0.3 is 5.32 Å². The summed E-state index contributed by atoms with van der Waals surface area (Å²) in [5.74, 6) is -1.57. The van der Waals surface area contributed by atoms with Crippen molar-refractivity contribution in [2.75, 3.05) is 19.3 Å². The summed E-state index contributed by atoms with van der Waals surface area (Å²) in [6, 6.07) is 10.3. The summed E-state index contributed by atoms with van der Waals surface area (Å²) in [5, 5.41) is 1.81. The van der Waals surface area contributed by atoms with E-state index in [1.807, 2.05) is 0 Å². The van der Waals surface area contributed by atoms with Gasteiger partial charge in [-0.3, -0.25) is 23.7 Å². The van der Waals surface area contributed by atoms with Gasteiger partial charge in [0.1, 0.15) is 5.82 Å². The molecule has 0 aliphatic carbocycles. The van der Waals surface area contributed by atoms with Crippen LogP contribution < -0.4 is 5.32 Å². The molecule has 1 aliphatic rings. The number of hydrogen-bond acceptors (Lipinski definition) is 7. The maximum absolute atomic E-state index is 13.0. The summed E-state index contributed by atoms with van der Waals surface area (Å²) in [7, 11) is -3.68. The van der Waals surface area contributed by atoms with Crippen LogP contribution in [0.5, 0.6) is 0 Å². The number of amides is 3. The first-order valence-electron chi connectivity index (χ1n) is 9.61. The number of thioether (sulfide) groups is 1. The number of carbonyl (C=O) groups is 3. The van der Waals surface area contributed by atoms with Crippen molar-refractivity contribution < 1.29 is 27.2 Å². The van der Waals surface area contributed by atoms with Gasteiger partial charge in [-0.1, -0.05) is 18.2 Å². The molecular weight excluding hydrogens is 471 g/mol. The first-order valence-corrected chi connectivity index (χ1v) is 12.3. The van der Waals surface area contributed by atoms with Gasteiger partial charge in [0.25, 0.3) is 17.1 Å². The Hall–Kier alpha value is -3.51. The van der Waals surface area contributed by atoms with E-state index in [1.54, 1.807) is 18.2 Å². The molecule has 1 N–H and O–H groups in total. The summed E-state index contributed by atoms with van der Waals surface area (Å²) in [6.07, 6.45) is 3.98. The summed E-state index contributed by atoms with van der Waals surface area (Å²) in [4.78, 5) is 42.6. The van der Waals surface area contributed by atoms with Crippen molar-refractivity contribution in [3.05, 3.63) is 70.6 Å². The summed E-state index contributed by atoms with van der Waals surface area (Å²) in [6.45, 7) is -0.136. The quantitative estimate of drug-likeness (QED) is 0.529. The molecule has 170 valence electrons. The Kier molecular flexibility index (Phi) is 6.04. The van der Waals surface area contributed by atoms with E-state index in [-0.39, 0.29) is 28.8 Å². The highest BCUT2D eigenvalue weighted by atomic mass is 32.2. The van der Waals surface area contributed by atoms with Gasteiger partial charge in [0, 0.05) is 25.5 Å². The molecule has 12 heteroatoms. The third-order valence-corrected chi connectivity index (χ3v) is 6.58. The monoisotopic (exact) mass is 488 g/mol. The molecule has 0 unspecified atom stereocenters. The molecule has 33 heavy (non-hydrogen) atoms. The molecule has 0 radical (unpaired) electrons. The Balaban J connectivity index is 1.45. The largest absolute Gasteiger partial charge is 0.349 e. The predicted molar refractivity (Wildman–Crippen MR) is 120 cm³/mol. The van der Waals surface area contributed by atoms with Crippen LogP contribution in [0.3, 0.4) is 0 Å². The van der Waals surface area contributed by atoms with Crippen LogP contribution in [0, 0.1) is 5.82 Å². The summed E-state index contributed by atoms with van der Waals surface area (Å²) >= 11 is 0.754. The van der Waals surface area contributed by atoms with E-state index in [9.17, 15) is 27.2 Å². The van der Waals surface area contributed by atoms with Crippen molar-refractivity contribution in [2.45, 2.75) is 5.16 Å². The van der Waals surface area contributed by atoms with Crippen molar-refractivity contribution in [3.8, 4) is 0 Å². The third kappa shape index (κ3) is 4.66. The number of fused-ring (bicyclic) bond motifs is 1. The number of nitrogens with one attached hydrogen (secondary N) is 1. The number of sulfone groups is 1. The number of halogens is 1. The minimum atomic E-state index is -3.68. The first-order chi connectivity index (χ1) is 15.6. The van der Waals surface area contributed by atoms with Crippen LogP contribution in [0.4, 0.5) is 9.18 Å². The average molecular weight is 489 g/mol. The van der Waals surface area contributed by atoms with Crippen LogP contribution in [0.15, 0.2) is 58.7 Å². The normalized spacial score (nSPS) is 15.6. The molecule has 1 aliphatic heterocycles. The highest BCUT2D eigenvalue weighted by Crippen LogP contribution is 2.31.